The summed E-state index contributed by atoms with van der Waals surface area (Å²) >= 11 is 0. The molecule has 0 atom stereocenters. The van der Waals surface area contributed by atoms with E-state index < -0.39 is 0 Å². The van der Waals surface area contributed by atoms with E-state index in [4.69, 9.17) is 4.74 Å². The van der Waals surface area contributed by atoms with Crippen LogP contribution in [-0.4, -0.2) is 25.4 Å². The summed E-state index contributed by atoms with van der Waals surface area (Å²) in [7, 11) is 0. The van der Waals surface area contributed by atoms with Crippen LogP contribution >= 0.6 is 0 Å². The van der Waals surface area contributed by atoms with Crippen LogP contribution in [0.3, 0.4) is 0 Å². The fourth-order valence-corrected chi connectivity index (χ4v) is 3.97. The molecule has 0 unspecified atom stereocenters. The molecular weight excluding hydrogens is 382 g/mol. The molecule has 1 saturated carbocycles. The average Bonchev–Trinajstić information content (AvgIpc) is 3.17. The van der Waals surface area contributed by atoms with Crippen LogP contribution in [0.25, 0.3) is 11.2 Å². The Labute approximate surface area is 174 Å². The molecule has 3 aromatic rings. The number of imidazole rings is 1. The van der Waals surface area contributed by atoms with E-state index in [-0.39, 0.29) is 17.5 Å². The van der Waals surface area contributed by atoms with E-state index in [2.05, 4.69) is 20.3 Å². The van der Waals surface area contributed by atoms with Crippen LogP contribution in [0.4, 0.5) is 5.69 Å². The van der Waals surface area contributed by atoms with Crippen molar-refractivity contribution in [1.82, 2.24) is 19.5 Å². The van der Waals surface area contributed by atoms with Crippen LogP contribution in [0.15, 0.2) is 29.1 Å². The van der Waals surface area contributed by atoms with Crippen molar-refractivity contribution in [2.24, 2.45) is 0 Å². The summed E-state index contributed by atoms with van der Waals surface area (Å²) in [4.78, 5) is 36.8. The molecule has 4 rings (SSSR count). The zero-order chi connectivity index (χ0) is 21.1. The minimum Gasteiger partial charge on any atom is -0.425 e. The minimum atomic E-state index is -0.165. The Morgan fingerprint density at radius 1 is 1.20 bits per heavy atom. The number of anilines is 1. The molecule has 2 heterocycles. The third kappa shape index (κ3) is 4.22. The third-order valence-electron chi connectivity index (χ3n) is 5.42. The van der Waals surface area contributed by atoms with Crippen molar-refractivity contribution in [3.8, 4) is 11.8 Å². The molecule has 0 bridgehead atoms. The number of benzene rings is 1. The predicted octanol–water partition coefficient (Wildman–Crippen LogP) is 4.33. The number of aromatic nitrogens is 4. The van der Waals surface area contributed by atoms with Crippen LogP contribution in [0.5, 0.6) is 11.8 Å². The Bertz CT molecular complexity index is 1090. The number of carbonyl (C=O) groups excluding carboxylic acids is 1. The first kappa shape index (κ1) is 20.1. The van der Waals surface area contributed by atoms with Gasteiger partial charge in [-0.3, -0.25) is 14.2 Å². The van der Waals surface area contributed by atoms with Gasteiger partial charge in [0.15, 0.2) is 11.2 Å². The molecule has 0 spiro atoms. The summed E-state index contributed by atoms with van der Waals surface area (Å²) in [6.45, 7) is 3.96. The van der Waals surface area contributed by atoms with Crippen LogP contribution in [0, 0.1) is 0 Å². The molecule has 1 fully saturated rings. The van der Waals surface area contributed by atoms with E-state index in [1.165, 1.54) is 26.2 Å². The lowest BCUT2D eigenvalue weighted by Crippen LogP contribution is -2.23. The molecule has 1 amide bonds. The molecule has 158 valence electrons. The largest absolute Gasteiger partial charge is 0.425 e. The Morgan fingerprint density at radius 2 is 1.93 bits per heavy atom. The molecule has 1 aliphatic rings. The lowest BCUT2D eigenvalue weighted by Gasteiger charge is -2.18. The Hall–Kier alpha value is -3.16. The second kappa shape index (κ2) is 8.69. The van der Waals surface area contributed by atoms with E-state index in [1.54, 1.807) is 28.8 Å². The highest BCUT2D eigenvalue weighted by molar-refractivity contribution is 5.88. The fourth-order valence-electron chi connectivity index (χ4n) is 3.97. The average molecular weight is 409 g/mol. The molecule has 1 aromatic carbocycles. The molecule has 2 aromatic heterocycles. The standard InChI is InChI=1S/C22H27N5O3/c1-3-13-27-21(29)18-20(25-19(24-18)15-7-5-4-6-8-15)26-22(27)30-17-11-9-16(10-12-17)23-14(2)28/h9-12,15H,3-8,13H2,1-2H3,(H,23,28)(H,24,25). The minimum absolute atomic E-state index is 0.139. The van der Waals surface area contributed by atoms with E-state index in [1.807, 2.05) is 6.92 Å². The van der Waals surface area contributed by atoms with Crippen molar-refractivity contribution < 1.29 is 9.53 Å². The molecule has 0 aliphatic heterocycles. The molecule has 1 aliphatic carbocycles. The summed E-state index contributed by atoms with van der Waals surface area (Å²) in [6.07, 6.45) is 6.60. The maximum Gasteiger partial charge on any atom is 0.306 e. The van der Waals surface area contributed by atoms with E-state index in [9.17, 15) is 9.59 Å². The predicted molar refractivity (Wildman–Crippen MR) is 115 cm³/mol. The van der Waals surface area contributed by atoms with Crippen molar-refractivity contribution in [2.45, 2.75) is 64.8 Å². The number of nitrogens with zero attached hydrogens (tertiary/aromatic N) is 3. The zero-order valence-electron chi connectivity index (χ0n) is 17.4. The van der Waals surface area contributed by atoms with Gasteiger partial charge in [0, 0.05) is 25.1 Å². The Balaban J connectivity index is 1.68. The summed E-state index contributed by atoms with van der Waals surface area (Å²) in [5, 5.41) is 2.72. The summed E-state index contributed by atoms with van der Waals surface area (Å²) in [5.41, 5.74) is 1.35. The van der Waals surface area contributed by atoms with Gasteiger partial charge in [0.1, 0.15) is 11.6 Å². The van der Waals surface area contributed by atoms with Crippen LogP contribution in [-0.2, 0) is 11.3 Å². The van der Waals surface area contributed by atoms with Gasteiger partial charge in [0.25, 0.3) is 5.56 Å². The topological polar surface area (TPSA) is 102 Å². The number of H-pyrrole nitrogens is 1. The van der Waals surface area contributed by atoms with Crippen molar-refractivity contribution in [2.75, 3.05) is 5.32 Å². The van der Waals surface area contributed by atoms with Crippen molar-refractivity contribution in [3.63, 3.8) is 0 Å². The number of carbonyl (C=O) groups is 1. The van der Waals surface area contributed by atoms with Gasteiger partial charge in [-0.25, -0.2) is 4.98 Å². The molecular formula is C22H27N5O3. The smallest absolute Gasteiger partial charge is 0.306 e. The summed E-state index contributed by atoms with van der Waals surface area (Å²) in [5.74, 6) is 1.61. The molecule has 30 heavy (non-hydrogen) atoms. The van der Waals surface area contributed by atoms with Crippen LogP contribution < -0.4 is 15.6 Å². The highest BCUT2D eigenvalue weighted by Crippen LogP contribution is 2.32. The van der Waals surface area contributed by atoms with Gasteiger partial charge < -0.3 is 15.0 Å². The van der Waals surface area contributed by atoms with Gasteiger partial charge in [0.2, 0.25) is 5.91 Å². The van der Waals surface area contributed by atoms with Crippen molar-refractivity contribution in [3.05, 3.63) is 40.4 Å². The number of rotatable bonds is 6. The number of amides is 1. The van der Waals surface area contributed by atoms with E-state index in [0.29, 0.717) is 35.1 Å². The number of ether oxygens (including phenoxy) is 1. The number of fused-ring (bicyclic) bond motifs is 1. The lowest BCUT2D eigenvalue weighted by atomic mass is 9.89. The highest BCUT2D eigenvalue weighted by atomic mass is 16.5. The van der Waals surface area contributed by atoms with Crippen LogP contribution in [0.2, 0.25) is 0 Å². The van der Waals surface area contributed by atoms with Gasteiger partial charge in [-0.15, -0.1) is 0 Å². The molecule has 2 N–H and O–H groups in total. The third-order valence-corrected chi connectivity index (χ3v) is 5.42. The van der Waals surface area contributed by atoms with Gasteiger partial charge in [0.05, 0.1) is 0 Å². The van der Waals surface area contributed by atoms with Gasteiger partial charge >= 0.3 is 6.01 Å². The summed E-state index contributed by atoms with van der Waals surface area (Å²) in [6, 6.07) is 7.18. The van der Waals surface area contributed by atoms with Crippen molar-refractivity contribution in [1.29, 1.82) is 0 Å². The van der Waals surface area contributed by atoms with E-state index in [0.717, 1.165) is 25.1 Å². The summed E-state index contributed by atoms with van der Waals surface area (Å²) < 4.78 is 7.50. The van der Waals surface area contributed by atoms with Gasteiger partial charge in [-0.05, 0) is 43.5 Å². The first-order valence-corrected chi connectivity index (χ1v) is 10.6. The maximum absolute atomic E-state index is 13.1. The molecule has 0 radical (unpaired) electrons. The number of aromatic amines is 1. The zero-order valence-corrected chi connectivity index (χ0v) is 17.4. The second-order valence-electron chi connectivity index (χ2n) is 7.81. The number of nitrogens with one attached hydrogen (secondary N) is 2. The molecule has 8 heteroatoms. The first-order chi connectivity index (χ1) is 14.5. The Kier molecular flexibility index (Phi) is 5.83. The maximum atomic E-state index is 13.1. The molecule has 0 saturated heterocycles. The normalized spacial score (nSPS) is 14.7. The number of hydrogen-bond acceptors (Lipinski definition) is 5. The van der Waals surface area contributed by atoms with Gasteiger partial charge in [-0.2, -0.15) is 4.98 Å². The lowest BCUT2D eigenvalue weighted by molar-refractivity contribution is -0.114. The highest BCUT2D eigenvalue weighted by Gasteiger charge is 2.22. The molecule has 8 nitrogen and oxygen atoms in total. The quantitative estimate of drug-likeness (QED) is 0.631. The van der Waals surface area contributed by atoms with Gasteiger partial charge in [-0.1, -0.05) is 26.2 Å². The second-order valence-corrected chi connectivity index (χ2v) is 7.81. The number of hydrogen-bond donors (Lipinski definition) is 2. The van der Waals surface area contributed by atoms with Crippen LogP contribution in [0.1, 0.15) is 64.1 Å². The monoisotopic (exact) mass is 409 g/mol. The Morgan fingerprint density at radius 3 is 2.60 bits per heavy atom. The van der Waals surface area contributed by atoms with Crippen molar-refractivity contribution >= 4 is 22.8 Å². The van der Waals surface area contributed by atoms with E-state index >= 15 is 0 Å². The SMILES string of the molecule is CCCn1c(Oc2ccc(NC(C)=O)cc2)nc2nc(C3CCCCC3)[nH]c2c1=O. The first-order valence-electron chi connectivity index (χ1n) is 10.6. The fraction of sp³-hybridized carbons (Fsp3) is 0.455.